The summed E-state index contributed by atoms with van der Waals surface area (Å²) in [6.45, 7) is 1.25. The largest absolute Gasteiger partial charge is 0.492 e. The van der Waals surface area contributed by atoms with Gasteiger partial charge in [-0.25, -0.2) is 0 Å². The maximum absolute atomic E-state index is 11.8. The van der Waals surface area contributed by atoms with Crippen molar-refractivity contribution in [3.8, 4) is 5.75 Å². The fourth-order valence-electron chi connectivity index (χ4n) is 3.17. The van der Waals surface area contributed by atoms with Gasteiger partial charge in [0.25, 0.3) is 0 Å². The third kappa shape index (κ3) is 2.72. The highest BCUT2D eigenvalue weighted by Gasteiger charge is 2.17. The third-order valence-electron chi connectivity index (χ3n) is 4.35. The lowest BCUT2D eigenvalue weighted by Gasteiger charge is -2.16. The molecule has 0 aliphatic heterocycles. The van der Waals surface area contributed by atoms with Crippen molar-refractivity contribution >= 4 is 16.7 Å². The predicted octanol–water partition coefficient (Wildman–Crippen LogP) is 3.63. The normalized spacial score (nSPS) is 14.0. The molecule has 1 heterocycles. The van der Waals surface area contributed by atoms with Crippen LogP contribution in [0.15, 0.2) is 48.7 Å². The lowest BCUT2D eigenvalue weighted by molar-refractivity contribution is 0.0972. The number of ketones is 1. The maximum atomic E-state index is 11.8. The van der Waals surface area contributed by atoms with Crippen molar-refractivity contribution in [1.82, 2.24) is 9.78 Å². The first kappa shape index (κ1) is 14.0. The number of benzene rings is 2. The van der Waals surface area contributed by atoms with Crippen LogP contribution in [0.2, 0.25) is 0 Å². The number of nitrogens with zero attached hydrogens (tertiary/aromatic N) is 2. The van der Waals surface area contributed by atoms with E-state index in [0.29, 0.717) is 19.6 Å². The molecule has 0 amide bonds. The summed E-state index contributed by atoms with van der Waals surface area (Å²) in [5.74, 6) is 1.08. The number of para-hydroxylation sites is 1. The molecule has 0 saturated heterocycles. The van der Waals surface area contributed by atoms with Crippen LogP contribution in [0.1, 0.15) is 28.8 Å². The third-order valence-corrected chi connectivity index (χ3v) is 4.35. The van der Waals surface area contributed by atoms with Crippen LogP contribution in [0.25, 0.3) is 10.9 Å². The molecule has 0 unspecified atom stereocenters. The number of hydrogen-bond donors (Lipinski definition) is 0. The fourth-order valence-corrected chi connectivity index (χ4v) is 3.17. The number of fused-ring (bicyclic) bond motifs is 2. The second-order valence-corrected chi connectivity index (χ2v) is 5.87. The molecule has 1 aliphatic carbocycles. The molecule has 0 N–H and O–H groups in total. The number of Topliss-reactive ketones (excluding diaryl/α,β-unsaturated/α-hetero) is 1. The number of hydrogen-bond acceptors (Lipinski definition) is 3. The summed E-state index contributed by atoms with van der Waals surface area (Å²) in [7, 11) is 0. The Hall–Kier alpha value is -2.62. The molecule has 0 saturated carbocycles. The van der Waals surface area contributed by atoms with E-state index in [1.165, 1.54) is 0 Å². The molecule has 1 aromatic heterocycles. The number of carbonyl (C=O) groups is 1. The minimum absolute atomic E-state index is 0.251. The minimum Gasteiger partial charge on any atom is -0.492 e. The Morgan fingerprint density at radius 2 is 2.04 bits per heavy atom. The van der Waals surface area contributed by atoms with E-state index in [0.717, 1.165) is 40.6 Å². The highest BCUT2D eigenvalue weighted by Crippen LogP contribution is 2.25. The Balaban J connectivity index is 1.44. The van der Waals surface area contributed by atoms with Crippen molar-refractivity contribution in [3.05, 3.63) is 59.8 Å². The average molecular weight is 306 g/mol. The average Bonchev–Trinajstić information content (AvgIpc) is 2.98. The summed E-state index contributed by atoms with van der Waals surface area (Å²) in [5.41, 5.74) is 3.09. The molecule has 0 atom stereocenters. The fraction of sp³-hybridized carbons (Fsp3) is 0.263. The number of ether oxygens (including phenoxy) is 1. The van der Waals surface area contributed by atoms with Gasteiger partial charge in [-0.05, 0) is 42.7 Å². The van der Waals surface area contributed by atoms with Crippen LogP contribution in [-0.2, 0) is 13.0 Å². The van der Waals surface area contributed by atoms with Crippen LogP contribution in [0, 0.1) is 0 Å². The summed E-state index contributed by atoms with van der Waals surface area (Å²) in [4.78, 5) is 11.8. The molecule has 0 fully saturated rings. The first-order valence-corrected chi connectivity index (χ1v) is 8.01. The Morgan fingerprint density at radius 1 is 1.13 bits per heavy atom. The van der Waals surface area contributed by atoms with E-state index in [-0.39, 0.29) is 5.78 Å². The molecule has 0 spiro atoms. The Bertz CT molecular complexity index is 867. The quantitative estimate of drug-likeness (QED) is 0.739. The van der Waals surface area contributed by atoms with Gasteiger partial charge < -0.3 is 4.74 Å². The van der Waals surface area contributed by atoms with Gasteiger partial charge in [-0.2, -0.15) is 5.10 Å². The second kappa shape index (κ2) is 5.88. The number of rotatable bonds is 4. The zero-order chi connectivity index (χ0) is 15.6. The van der Waals surface area contributed by atoms with Gasteiger partial charge in [0.05, 0.1) is 18.3 Å². The summed E-state index contributed by atoms with van der Waals surface area (Å²) >= 11 is 0. The lowest BCUT2D eigenvalue weighted by atomic mass is 9.91. The number of aromatic nitrogens is 2. The van der Waals surface area contributed by atoms with Gasteiger partial charge in [0.2, 0.25) is 0 Å². The van der Waals surface area contributed by atoms with Crippen molar-refractivity contribution in [2.45, 2.75) is 25.8 Å². The van der Waals surface area contributed by atoms with Crippen molar-refractivity contribution in [1.29, 1.82) is 0 Å². The van der Waals surface area contributed by atoms with E-state index in [1.54, 1.807) is 0 Å². The summed E-state index contributed by atoms with van der Waals surface area (Å²) in [5, 5.41) is 5.54. The second-order valence-electron chi connectivity index (χ2n) is 5.87. The van der Waals surface area contributed by atoms with Crippen molar-refractivity contribution in [2.75, 3.05) is 6.61 Å². The predicted molar refractivity (Wildman–Crippen MR) is 88.9 cm³/mol. The topological polar surface area (TPSA) is 44.1 Å². The molecule has 116 valence electrons. The zero-order valence-electron chi connectivity index (χ0n) is 12.9. The number of aryl methyl sites for hydroxylation is 1. The Kier molecular flexibility index (Phi) is 3.58. The van der Waals surface area contributed by atoms with Gasteiger partial charge in [-0.3, -0.25) is 9.48 Å². The summed E-state index contributed by atoms with van der Waals surface area (Å²) in [6.07, 6.45) is 4.44. The van der Waals surface area contributed by atoms with E-state index < -0.39 is 0 Å². The first-order valence-electron chi connectivity index (χ1n) is 8.01. The van der Waals surface area contributed by atoms with E-state index in [9.17, 15) is 4.79 Å². The molecular formula is C19H18N2O2. The van der Waals surface area contributed by atoms with Crippen molar-refractivity contribution < 1.29 is 9.53 Å². The highest BCUT2D eigenvalue weighted by atomic mass is 16.5. The van der Waals surface area contributed by atoms with Gasteiger partial charge >= 0.3 is 0 Å². The Labute approximate surface area is 134 Å². The van der Waals surface area contributed by atoms with Crippen molar-refractivity contribution in [2.24, 2.45) is 0 Å². The Morgan fingerprint density at radius 3 is 3.00 bits per heavy atom. The molecule has 3 aromatic rings. The molecule has 0 bridgehead atoms. The van der Waals surface area contributed by atoms with E-state index >= 15 is 0 Å². The van der Waals surface area contributed by atoms with Crippen LogP contribution in [0.4, 0.5) is 0 Å². The smallest absolute Gasteiger partial charge is 0.163 e. The standard InChI is InChI=1S/C19H18N2O2/c22-19-7-3-5-14-12-16(8-9-17(14)19)23-11-10-21-18-6-2-1-4-15(18)13-20-21/h1-2,4,6,8-9,12-13H,3,5,7,10-11H2. The lowest BCUT2D eigenvalue weighted by Crippen LogP contribution is -2.12. The monoisotopic (exact) mass is 306 g/mol. The number of carbonyl (C=O) groups excluding carboxylic acids is 1. The SMILES string of the molecule is O=C1CCCc2cc(OCCn3ncc4ccccc43)ccc21. The molecule has 2 aromatic carbocycles. The van der Waals surface area contributed by atoms with E-state index in [4.69, 9.17) is 4.74 Å². The molecular weight excluding hydrogens is 288 g/mol. The molecule has 4 nitrogen and oxygen atoms in total. The van der Waals surface area contributed by atoms with E-state index in [2.05, 4.69) is 17.2 Å². The first-order chi connectivity index (χ1) is 11.3. The van der Waals surface area contributed by atoms with Gasteiger partial charge in [0.1, 0.15) is 12.4 Å². The molecule has 23 heavy (non-hydrogen) atoms. The molecule has 0 radical (unpaired) electrons. The van der Waals surface area contributed by atoms with Gasteiger partial charge in [0, 0.05) is 17.4 Å². The van der Waals surface area contributed by atoms with Crippen molar-refractivity contribution in [3.63, 3.8) is 0 Å². The van der Waals surface area contributed by atoms with Crippen LogP contribution in [-0.4, -0.2) is 22.2 Å². The minimum atomic E-state index is 0.251. The highest BCUT2D eigenvalue weighted by molar-refractivity contribution is 5.98. The van der Waals surface area contributed by atoms with E-state index in [1.807, 2.05) is 41.2 Å². The van der Waals surface area contributed by atoms with Crippen LogP contribution >= 0.6 is 0 Å². The van der Waals surface area contributed by atoms with Gasteiger partial charge in [0.15, 0.2) is 5.78 Å². The van der Waals surface area contributed by atoms with Crippen LogP contribution < -0.4 is 4.74 Å². The molecule has 4 heteroatoms. The zero-order valence-corrected chi connectivity index (χ0v) is 12.9. The van der Waals surface area contributed by atoms with Crippen LogP contribution in [0.5, 0.6) is 5.75 Å². The van der Waals surface area contributed by atoms with Gasteiger partial charge in [-0.1, -0.05) is 18.2 Å². The summed E-state index contributed by atoms with van der Waals surface area (Å²) in [6, 6.07) is 13.9. The van der Waals surface area contributed by atoms with Crippen LogP contribution in [0.3, 0.4) is 0 Å². The summed E-state index contributed by atoms with van der Waals surface area (Å²) < 4.78 is 7.81. The van der Waals surface area contributed by atoms with Gasteiger partial charge in [-0.15, -0.1) is 0 Å². The molecule has 4 rings (SSSR count). The molecule has 1 aliphatic rings. The maximum Gasteiger partial charge on any atom is 0.163 e.